The third-order valence-corrected chi connectivity index (χ3v) is 1.64. The van der Waals surface area contributed by atoms with Gasteiger partial charge in [-0.2, -0.15) is 0 Å². The Labute approximate surface area is 80.9 Å². The molecule has 1 aliphatic rings. The number of allylic oxidation sites excluding steroid dienone is 8. The van der Waals surface area contributed by atoms with E-state index in [-0.39, 0.29) is 16.6 Å². The topological polar surface area (TPSA) is 34.1 Å². The van der Waals surface area contributed by atoms with Gasteiger partial charge in [0.1, 0.15) is 0 Å². The lowest BCUT2D eigenvalue weighted by molar-refractivity contribution is -0.112. The van der Waals surface area contributed by atoms with E-state index in [0.29, 0.717) is 0 Å². The minimum absolute atomic E-state index is 0.0683. The minimum atomic E-state index is -0.366. The number of ketones is 2. The number of carbonyl (C=O) groups excluding carboxylic acids is 2. The first kappa shape index (κ1) is 9.68. The summed E-state index contributed by atoms with van der Waals surface area (Å²) in [7, 11) is 0. The fourth-order valence-electron chi connectivity index (χ4n) is 0.745. The normalized spacial score (nSPS) is 17.5. The lowest BCUT2D eigenvalue weighted by atomic mass is 10.2. The van der Waals surface area contributed by atoms with E-state index < -0.39 is 0 Å². The molecule has 0 spiro atoms. The number of hydrogen-bond donors (Lipinski definition) is 0. The summed E-state index contributed by atoms with van der Waals surface area (Å²) in [6.07, 6.45) is 10.2. The summed E-state index contributed by atoms with van der Waals surface area (Å²) in [6.45, 7) is 0. The van der Waals surface area contributed by atoms with E-state index in [4.69, 9.17) is 11.6 Å². The summed E-state index contributed by atoms with van der Waals surface area (Å²) in [6, 6.07) is 0. The molecular weight excluding hydrogens is 188 g/mol. The van der Waals surface area contributed by atoms with E-state index >= 15 is 0 Å². The van der Waals surface area contributed by atoms with Gasteiger partial charge in [-0.1, -0.05) is 35.9 Å². The molecule has 0 atom stereocenters. The van der Waals surface area contributed by atoms with Crippen molar-refractivity contribution < 1.29 is 9.59 Å². The van der Waals surface area contributed by atoms with Gasteiger partial charge in [-0.25, -0.2) is 0 Å². The van der Waals surface area contributed by atoms with Gasteiger partial charge in [0.25, 0.3) is 0 Å². The van der Waals surface area contributed by atoms with Crippen LogP contribution in [0, 0.1) is 0 Å². The highest BCUT2D eigenvalue weighted by atomic mass is 35.5. The zero-order valence-corrected chi connectivity index (χ0v) is 7.49. The molecule has 0 saturated heterocycles. The van der Waals surface area contributed by atoms with Gasteiger partial charge in [-0.05, 0) is 12.2 Å². The first-order valence-electron chi connectivity index (χ1n) is 3.67. The van der Waals surface area contributed by atoms with Gasteiger partial charge in [0.2, 0.25) is 0 Å². The summed E-state index contributed by atoms with van der Waals surface area (Å²) in [5, 5.41) is -0.0683. The van der Waals surface area contributed by atoms with Crippen molar-refractivity contribution in [2.45, 2.75) is 0 Å². The largest absolute Gasteiger partial charge is 0.290 e. The van der Waals surface area contributed by atoms with Crippen LogP contribution in [-0.4, -0.2) is 11.6 Å². The fourth-order valence-corrected chi connectivity index (χ4v) is 0.916. The molecule has 13 heavy (non-hydrogen) atoms. The lowest BCUT2D eigenvalue weighted by Gasteiger charge is -1.91. The summed E-state index contributed by atoms with van der Waals surface area (Å²) in [4.78, 5) is 22.1. The minimum Gasteiger partial charge on any atom is -0.290 e. The Hall–Kier alpha value is -1.41. The molecule has 0 aromatic carbocycles. The Balaban J connectivity index is 3.00. The van der Waals surface area contributed by atoms with E-state index in [2.05, 4.69) is 0 Å². The summed E-state index contributed by atoms with van der Waals surface area (Å²) < 4.78 is 0. The van der Waals surface area contributed by atoms with Crippen LogP contribution >= 0.6 is 11.6 Å². The second kappa shape index (κ2) is 4.58. The highest BCUT2D eigenvalue weighted by Gasteiger charge is 2.03. The highest BCUT2D eigenvalue weighted by Crippen LogP contribution is 2.05. The standard InChI is InChI=1S/C10H7ClO2/c11-9-7-8(12)5-3-1-2-4-6-10(9)13/h1-7H. The molecule has 0 heterocycles. The van der Waals surface area contributed by atoms with E-state index in [1.54, 1.807) is 24.3 Å². The molecular formula is C10H7ClO2. The average Bonchev–Trinajstić information content (AvgIpc) is 2.09. The van der Waals surface area contributed by atoms with Gasteiger partial charge in [-0.3, -0.25) is 9.59 Å². The van der Waals surface area contributed by atoms with Crippen molar-refractivity contribution in [3.8, 4) is 0 Å². The molecule has 0 unspecified atom stereocenters. The molecule has 2 nitrogen and oxygen atoms in total. The van der Waals surface area contributed by atoms with E-state index in [0.717, 1.165) is 6.08 Å². The number of halogens is 1. The summed E-state index contributed by atoms with van der Waals surface area (Å²) in [5.74, 6) is -0.659. The van der Waals surface area contributed by atoms with Crippen LogP contribution in [0.2, 0.25) is 0 Å². The van der Waals surface area contributed by atoms with Gasteiger partial charge < -0.3 is 0 Å². The molecule has 0 fully saturated rings. The van der Waals surface area contributed by atoms with Crippen LogP contribution in [0.3, 0.4) is 0 Å². The summed E-state index contributed by atoms with van der Waals surface area (Å²) >= 11 is 5.55. The molecule has 0 aromatic heterocycles. The number of carbonyl (C=O) groups is 2. The molecule has 0 aliphatic heterocycles. The Morgan fingerprint density at radius 1 is 0.923 bits per heavy atom. The molecule has 0 N–H and O–H groups in total. The van der Waals surface area contributed by atoms with Crippen molar-refractivity contribution in [2.75, 3.05) is 0 Å². The van der Waals surface area contributed by atoms with Crippen LogP contribution in [0.5, 0.6) is 0 Å². The Bertz CT molecular complexity index is 346. The molecule has 0 bridgehead atoms. The van der Waals surface area contributed by atoms with Gasteiger partial charge in [0.05, 0.1) is 5.03 Å². The van der Waals surface area contributed by atoms with Gasteiger partial charge in [0.15, 0.2) is 11.6 Å². The Kier molecular flexibility index (Phi) is 3.41. The van der Waals surface area contributed by atoms with E-state index in [1.807, 2.05) is 0 Å². The van der Waals surface area contributed by atoms with Crippen LogP contribution in [0.1, 0.15) is 0 Å². The van der Waals surface area contributed by atoms with Crippen molar-refractivity contribution in [2.24, 2.45) is 0 Å². The fraction of sp³-hybridized carbons (Fsp3) is 0. The van der Waals surface area contributed by atoms with Gasteiger partial charge >= 0.3 is 0 Å². The molecule has 0 amide bonds. The monoisotopic (exact) mass is 194 g/mol. The second-order valence-corrected chi connectivity index (χ2v) is 2.77. The van der Waals surface area contributed by atoms with Crippen LogP contribution < -0.4 is 0 Å². The Morgan fingerprint density at radius 3 is 2.23 bits per heavy atom. The van der Waals surface area contributed by atoms with E-state index in [9.17, 15) is 9.59 Å². The van der Waals surface area contributed by atoms with E-state index in [1.165, 1.54) is 12.2 Å². The highest BCUT2D eigenvalue weighted by molar-refractivity contribution is 6.45. The zero-order valence-electron chi connectivity index (χ0n) is 6.74. The summed E-state index contributed by atoms with van der Waals surface area (Å²) in [5.41, 5.74) is 0. The first-order valence-corrected chi connectivity index (χ1v) is 4.05. The molecule has 1 rings (SSSR count). The molecule has 0 radical (unpaired) electrons. The van der Waals surface area contributed by atoms with Crippen molar-refractivity contribution in [3.63, 3.8) is 0 Å². The zero-order chi connectivity index (χ0) is 9.68. The maximum atomic E-state index is 11.1. The lowest BCUT2D eigenvalue weighted by Crippen LogP contribution is -1.96. The van der Waals surface area contributed by atoms with Crippen LogP contribution in [0.25, 0.3) is 0 Å². The third kappa shape index (κ3) is 3.22. The molecule has 0 saturated carbocycles. The molecule has 66 valence electrons. The molecule has 0 aromatic rings. The van der Waals surface area contributed by atoms with Crippen molar-refractivity contribution >= 4 is 23.2 Å². The second-order valence-electron chi connectivity index (χ2n) is 2.36. The molecule has 1 aliphatic carbocycles. The van der Waals surface area contributed by atoms with Crippen LogP contribution in [0.15, 0.2) is 47.6 Å². The maximum Gasteiger partial charge on any atom is 0.197 e. The smallest absolute Gasteiger partial charge is 0.197 e. The number of rotatable bonds is 0. The first-order chi connectivity index (χ1) is 6.20. The predicted molar refractivity (Wildman–Crippen MR) is 51.4 cm³/mol. The van der Waals surface area contributed by atoms with Crippen LogP contribution in [0.4, 0.5) is 0 Å². The molecule has 3 heteroatoms. The number of hydrogen-bond acceptors (Lipinski definition) is 2. The Morgan fingerprint density at radius 2 is 1.54 bits per heavy atom. The average molecular weight is 195 g/mol. The maximum absolute atomic E-state index is 11.1. The predicted octanol–water partition coefficient (Wildman–Crippen LogP) is 1.93. The SMILES string of the molecule is O=C1C=CC=CC=CC(=O)C(Cl)=C1. The quantitative estimate of drug-likeness (QED) is 0.591. The van der Waals surface area contributed by atoms with Gasteiger partial charge in [-0.15, -0.1) is 0 Å². The van der Waals surface area contributed by atoms with Gasteiger partial charge in [0, 0.05) is 6.08 Å². The third-order valence-electron chi connectivity index (χ3n) is 1.35. The van der Waals surface area contributed by atoms with Crippen molar-refractivity contribution in [1.29, 1.82) is 0 Å². The van der Waals surface area contributed by atoms with Crippen molar-refractivity contribution in [3.05, 3.63) is 47.6 Å². The van der Waals surface area contributed by atoms with Crippen molar-refractivity contribution in [1.82, 2.24) is 0 Å². The van der Waals surface area contributed by atoms with Crippen LogP contribution in [-0.2, 0) is 9.59 Å².